The molecule has 10 nitrogen and oxygen atoms in total. The summed E-state index contributed by atoms with van der Waals surface area (Å²) < 4.78 is 35.3. The van der Waals surface area contributed by atoms with E-state index in [0.717, 1.165) is 31.7 Å². The number of sulfonamides is 1. The van der Waals surface area contributed by atoms with Gasteiger partial charge in [0.15, 0.2) is 8.32 Å². The van der Waals surface area contributed by atoms with E-state index in [-0.39, 0.29) is 30.4 Å². The Morgan fingerprint density at radius 2 is 1.79 bits per heavy atom. The number of nitrogens with zero attached hydrogens (tertiary/aromatic N) is 6. The van der Waals surface area contributed by atoms with E-state index in [1.165, 1.54) is 4.31 Å². The molecule has 3 aromatic rings. The predicted octanol–water partition coefficient (Wildman–Crippen LogP) is 4.70. The van der Waals surface area contributed by atoms with E-state index in [1.807, 2.05) is 30.3 Å². The summed E-state index contributed by atoms with van der Waals surface area (Å²) in [4.78, 5) is 18.1. The molecule has 3 heterocycles. The SMILES string of the molecule is CN1CCN(c2nc(NCCS(=O)(=O)N(CCO[Si](C)(C)C(C)(C)C)Cc3ccccc3)c3cc(Cl)ncc3n2)CC1. The second-order valence-corrected chi connectivity index (χ2v) is 19.6. The van der Waals surface area contributed by atoms with Crippen molar-refractivity contribution in [2.75, 3.05) is 68.9 Å². The summed E-state index contributed by atoms with van der Waals surface area (Å²) >= 11 is 6.21. The highest BCUT2D eigenvalue weighted by molar-refractivity contribution is 7.89. The predicted molar refractivity (Wildman–Crippen MR) is 174 cm³/mol. The van der Waals surface area contributed by atoms with E-state index in [2.05, 4.69) is 61.0 Å². The lowest BCUT2D eigenvalue weighted by molar-refractivity contribution is 0.250. The number of aromatic nitrogens is 3. The highest BCUT2D eigenvalue weighted by Crippen LogP contribution is 2.36. The minimum Gasteiger partial charge on any atom is -0.415 e. The average Bonchev–Trinajstić information content (AvgIpc) is 2.93. The molecule has 2 aromatic heterocycles. The molecule has 0 bridgehead atoms. The third-order valence-electron chi connectivity index (χ3n) is 8.18. The quantitative estimate of drug-likeness (QED) is 0.225. The van der Waals surface area contributed by atoms with Crippen molar-refractivity contribution in [3.05, 3.63) is 53.3 Å². The van der Waals surface area contributed by atoms with E-state index in [1.54, 1.807) is 12.3 Å². The van der Waals surface area contributed by atoms with Gasteiger partial charge in [0.1, 0.15) is 11.0 Å². The molecule has 0 saturated carbocycles. The van der Waals surface area contributed by atoms with Gasteiger partial charge >= 0.3 is 0 Å². The van der Waals surface area contributed by atoms with Crippen molar-refractivity contribution in [1.82, 2.24) is 24.2 Å². The number of hydrogen-bond donors (Lipinski definition) is 1. The first-order valence-corrected chi connectivity index (χ1v) is 19.3. The van der Waals surface area contributed by atoms with E-state index in [9.17, 15) is 8.42 Å². The van der Waals surface area contributed by atoms with Gasteiger partial charge in [-0.3, -0.25) is 0 Å². The maximum Gasteiger partial charge on any atom is 0.228 e. The van der Waals surface area contributed by atoms with E-state index in [4.69, 9.17) is 26.0 Å². The summed E-state index contributed by atoms with van der Waals surface area (Å²) in [6, 6.07) is 11.4. The topological polar surface area (TPSA) is 104 Å². The Hall–Kier alpha value is -2.35. The molecule has 0 aliphatic carbocycles. The second kappa shape index (κ2) is 13.5. The molecular weight excluding hydrogens is 590 g/mol. The molecule has 230 valence electrons. The van der Waals surface area contributed by atoms with Crippen LogP contribution in [0.5, 0.6) is 0 Å². The van der Waals surface area contributed by atoms with Crippen LogP contribution in [-0.2, 0) is 21.0 Å². The molecule has 0 atom stereocenters. The fourth-order valence-electron chi connectivity index (χ4n) is 4.43. The average molecular weight is 634 g/mol. The minimum absolute atomic E-state index is 0.0434. The summed E-state index contributed by atoms with van der Waals surface area (Å²) in [5, 5.41) is 4.34. The van der Waals surface area contributed by atoms with Crippen LogP contribution in [0.3, 0.4) is 0 Å². The van der Waals surface area contributed by atoms with Gasteiger partial charge in [-0.05, 0) is 36.8 Å². The van der Waals surface area contributed by atoms with Gasteiger partial charge in [0.25, 0.3) is 0 Å². The number of rotatable bonds is 12. The molecule has 0 unspecified atom stereocenters. The van der Waals surface area contributed by atoms with Gasteiger partial charge in [-0.1, -0.05) is 62.7 Å². The number of nitrogens with one attached hydrogen (secondary N) is 1. The van der Waals surface area contributed by atoms with Gasteiger partial charge in [0.2, 0.25) is 16.0 Å². The van der Waals surface area contributed by atoms with Gasteiger partial charge in [-0.2, -0.15) is 9.29 Å². The zero-order valence-corrected chi connectivity index (χ0v) is 28.2. The molecule has 1 fully saturated rings. The molecule has 1 aromatic carbocycles. The zero-order valence-electron chi connectivity index (χ0n) is 25.6. The molecule has 42 heavy (non-hydrogen) atoms. The van der Waals surface area contributed by atoms with Gasteiger partial charge in [0, 0.05) is 57.8 Å². The van der Waals surface area contributed by atoms with Gasteiger partial charge in [-0.25, -0.2) is 18.4 Å². The maximum absolute atomic E-state index is 13.7. The molecule has 4 rings (SSSR count). The lowest BCUT2D eigenvalue weighted by Gasteiger charge is -2.36. The third-order valence-corrected chi connectivity index (χ3v) is 14.7. The highest BCUT2D eigenvalue weighted by atomic mass is 35.5. The molecule has 0 amide bonds. The van der Waals surface area contributed by atoms with Crippen molar-refractivity contribution in [3.63, 3.8) is 0 Å². The van der Waals surface area contributed by atoms with Gasteiger partial charge < -0.3 is 19.5 Å². The number of halogens is 1. The van der Waals surface area contributed by atoms with Crippen LogP contribution >= 0.6 is 11.6 Å². The number of likely N-dealkylation sites (N-methyl/N-ethyl adjacent to an activating group) is 1. The maximum atomic E-state index is 13.7. The van der Waals surface area contributed by atoms with Crippen molar-refractivity contribution in [2.24, 2.45) is 0 Å². The van der Waals surface area contributed by atoms with E-state index in [0.29, 0.717) is 34.4 Å². The van der Waals surface area contributed by atoms with Gasteiger partial charge in [-0.15, -0.1) is 0 Å². The number of anilines is 2. The van der Waals surface area contributed by atoms with Crippen LogP contribution in [-0.4, -0.2) is 99.6 Å². The minimum atomic E-state index is -3.63. The van der Waals surface area contributed by atoms with Crippen molar-refractivity contribution in [3.8, 4) is 0 Å². The molecule has 1 aliphatic rings. The van der Waals surface area contributed by atoms with Crippen LogP contribution in [0.2, 0.25) is 23.3 Å². The number of piperazine rings is 1. The molecule has 1 N–H and O–H groups in total. The Bertz CT molecular complexity index is 1450. The standard InChI is InChI=1S/C29H44ClN7O3SSi/c1-29(2,3)42(5,6)40-18-17-37(22-23-10-8-7-9-11-23)41(38,39)19-12-31-27-24-20-26(30)32-21-25(24)33-28(34-27)36-15-13-35(4)14-16-36/h7-11,20-21H,12-19,22H2,1-6H3,(H,31,33,34). The molecular formula is C29H44ClN7O3SSi. The zero-order chi connectivity index (χ0) is 30.5. The summed E-state index contributed by atoms with van der Waals surface area (Å²) in [7, 11) is -3.56. The summed E-state index contributed by atoms with van der Waals surface area (Å²) in [5.41, 5.74) is 1.59. The lowest BCUT2D eigenvalue weighted by atomic mass is 10.2. The summed E-state index contributed by atoms with van der Waals surface area (Å²) in [6.45, 7) is 15.4. The molecule has 0 spiro atoms. The lowest BCUT2D eigenvalue weighted by Crippen LogP contribution is -2.45. The second-order valence-electron chi connectivity index (χ2n) is 12.4. The van der Waals surface area contributed by atoms with Crippen LogP contribution < -0.4 is 10.2 Å². The fourth-order valence-corrected chi connectivity index (χ4v) is 6.94. The Kier molecular flexibility index (Phi) is 10.5. The molecule has 1 aliphatic heterocycles. The van der Waals surface area contributed by atoms with Crippen LogP contribution in [0, 0.1) is 0 Å². The first kappa shape index (κ1) is 32.6. The highest BCUT2D eigenvalue weighted by Gasteiger charge is 2.37. The summed E-state index contributed by atoms with van der Waals surface area (Å²) in [6.07, 6.45) is 1.63. The largest absolute Gasteiger partial charge is 0.415 e. The Labute approximate surface area is 256 Å². The molecule has 1 saturated heterocycles. The van der Waals surface area contributed by atoms with Gasteiger partial charge in [0.05, 0.1) is 17.5 Å². The normalized spacial score (nSPS) is 15.5. The van der Waals surface area contributed by atoms with Crippen molar-refractivity contribution in [2.45, 2.75) is 45.4 Å². The first-order chi connectivity index (χ1) is 19.7. The molecule has 0 radical (unpaired) electrons. The smallest absolute Gasteiger partial charge is 0.228 e. The van der Waals surface area contributed by atoms with Crippen LogP contribution in [0.4, 0.5) is 11.8 Å². The van der Waals surface area contributed by atoms with Crippen molar-refractivity contribution < 1.29 is 12.8 Å². The Morgan fingerprint density at radius 1 is 1.10 bits per heavy atom. The number of benzene rings is 1. The Morgan fingerprint density at radius 3 is 2.45 bits per heavy atom. The van der Waals surface area contributed by atoms with Crippen molar-refractivity contribution >= 4 is 52.6 Å². The van der Waals surface area contributed by atoms with E-state index >= 15 is 0 Å². The molecule has 13 heteroatoms. The Balaban J connectivity index is 1.50. The van der Waals surface area contributed by atoms with Crippen LogP contribution in [0.1, 0.15) is 26.3 Å². The number of hydrogen-bond acceptors (Lipinski definition) is 9. The number of pyridine rings is 1. The number of fused-ring (bicyclic) bond motifs is 1. The van der Waals surface area contributed by atoms with Crippen LogP contribution in [0.25, 0.3) is 10.9 Å². The van der Waals surface area contributed by atoms with Crippen molar-refractivity contribution in [1.29, 1.82) is 0 Å². The van der Waals surface area contributed by atoms with Crippen LogP contribution in [0.15, 0.2) is 42.6 Å². The monoisotopic (exact) mass is 633 g/mol. The fraction of sp³-hybridized carbons (Fsp3) is 0.552. The summed E-state index contributed by atoms with van der Waals surface area (Å²) in [5.74, 6) is 1.04. The van der Waals surface area contributed by atoms with E-state index < -0.39 is 18.3 Å². The first-order valence-electron chi connectivity index (χ1n) is 14.4. The third kappa shape index (κ3) is 8.39.